The van der Waals surface area contributed by atoms with Gasteiger partial charge in [0.05, 0.1) is 29.4 Å². The van der Waals surface area contributed by atoms with Gasteiger partial charge in [0.25, 0.3) is 15.8 Å². The lowest BCUT2D eigenvalue weighted by Crippen LogP contribution is -2.52. The minimum Gasteiger partial charge on any atom is -0.497 e. The number of anilines is 1. The Hall–Kier alpha value is -1.98. The van der Waals surface area contributed by atoms with E-state index in [0.717, 1.165) is 11.3 Å². The molecule has 1 amide bonds. The van der Waals surface area contributed by atoms with Crippen LogP contribution in [0.1, 0.15) is 10.4 Å². The van der Waals surface area contributed by atoms with Crippen molar-refractivity contribution in [2.24, 2.45) is 0 Å². The van der Waals surface area contributed by atoms with Crippen LogP contribution in [0.5, 0.6) is 5.75 Å². The first kappa shape index (κ1) is 20.3. The molecule has 2 aliphatic heterocycles. The van der Waals surface area contributed by atoms with Crippen LogP contribution in [0.4, 0.5) is 5.69 Å². The third-order valence-electron chi connectivity index (χ3n) is 5.00. The number of hydrogen-bond acceptors (Lipinski definition) is 7. The number of carbonyl (C=O) groups is 2. The second-order valence-corrected chi connectivity index (χ2v) is 10.5. The first-order chi connectivity index (χ1) is 13.8. The van der Waals surface area contributed by atoms with E-state index >= 15 is 0 Å². The van der Waals surface area contributed by atoms with Gasteiger partial charge in [0, 0.05) is 32.2 Å². The van der Waals surface area contributed by atoms with E-state index in [1.54, 1.807) is 24.3 Å². The SMILES string of the molecule is COc1ccc2c(c1)N(CN1CCN(S(=O)(=O)c3ccc(Cl)s3)CC1)C(=O)C2=O. The van der Waals surface area contributed by atoms with Gasteiger partial charge in [-0.05, 0) is 24.3 Å². The maximum absolute atomic E-state index is 12.7. The van der Waals surface area contributed by atoms with E-state index in [4.69, 9.17) is 16.3 Å². The Labute approximate surface area is 177 Å². The van der Waals surface area contributed by atoms with Gasteiger partial charge in [0.15, 0.2) is 0 Å². The maximum atomic E-state index is 12.7. The molecule has 0 bridgehead atoms. The summed E-state index contributed by atoms with van der Waals surface area (Å²) in [6.07, 6.45) is 0. The summed E-state index contributed by atoms with van der Waals surface area (Å²) < 4.78 is 32.7. The van der Waals surface area contributed by atoms with Gasteiger partial charge in [-0.1, -0.05) is 11.6 Å². The number of methoxy groups -OCH3 is 1. The first-order valence-corrected chi connectivity index (χ1v) is 11.5. The zero-order valence-electron chi connectivity index (χ0n) is 15.5. The van der Waals surface area contributed by atoms with Crippen LogP contribution in [0, 0.1) is 0 Å². The molecule has 0 aliphatic carbocycles. The molecule has 29 heavy (non-hydrogen) atoms. The predicted octanol–water partition coefficient (Wildman–Crippen LogP) is 1.90. The molecule has 1 aromatic carbocycles. The molecular formula is C18H18ClN3O5S2. The molecule has 0 unspecified atom stereocenters. The summed E-state index contributed by atoms with van der Waals surface area (Å²) >= 11 is 6.90. The average molecular weight is 456 g/mol. The van der Waals surface area contributed by atoms with E-state index < -0.39 is 21.7 Å². The zero-order chi connectivity index (χ0) is 20.8. The molecule has 1 saturated heterocycles. The fraction of sp³-hybridized carbons (Fsp3) is 0.333. The van der Waals surface area contributed by atoms with Crippen molar-refractivity contribution in [1.82, 2.24) is 9.21 Å². The Morgan fingerprint density at radius 2 is 1.83 bits per heavy atom. The number of amides is 1. The minimum absolute atomic E-state index is 0.212. The van der Waals surface area contributed by atoms with Crippen LogP contribution in [0.25, 0.3) is 0 Å². The largest absolute Gasteiger partial charge is 0.497 e. The number of benzene rings is 1. The smallest absolute Gasteiger partial charge is 0.300 e. The molecule has 11 heteroatoms. The van der Waals surface area contributed by atoms with Crippen molar-refractivity contribution in [1.29, 1.82) is 0 Å². The second-order valence-electron chi connectivity index (χ2n) is 6.67. The topological polar surface area (TPSA) is 87.2 Å². The summed E-state index contributed by atoms with van der Waals surface area (Å²) in [5.41, 5.74) is 0.870. The Bertz CT molecular complexity index is 1080. The number of halogens is 1. The summed E-state index contributed by atoms with van der Waals surface area (Å²) in [6, 6.07) is 7.98. The standard InChI is InChI=1S/C18H18ClN3O5S2/c1-27-12-2-3-13-14(10-12)22(18(24)17(13)23)11-20-6-8-21(9-7-20)29(25,26)16-5-4-15(19)28-16/h2-5,10H,6-9,11H2,1H3. The molecular weight excluding hydrogens is 438 g/mol. The van der Waals surface area contributed by atoms with Crippen molar-refractivity contribution < 1.29 is 22.7 Å². The van der Waals surface area contributed by atoms with E-state index in [-0.39, 0.29) is 10.9 Å². The zero-order valence-corrected chi connectivity index (χ0v) is 17.9. The number of Topliss-reactive ketones (excluding diaryl/α,β-unsaturated/α-hetero) is 1. The average Bonchev–Trinajstić information content (AvgIpc) is 3.26. The van der Waals surface area contributed by atoms with Gasteiger partial charge in [0.1, 0.15) is 9.96 Å². The van der Waals surface area contributed by atoms with Crippen LogP contribution >= 0.6 is 22.9 Å². The number of carbonyl (C=O) groups excluding carboxylic acids is 2. The van der Waals surface area contributed by atoms with Gasteiger partial charge < -0.3 is 4.74 Å². The van der Waals surface area contributed by atoms with E-state index in [2.05, 4.69) is 0 Å². The monoisotopic (exact) mass is 455 g/mol. The quantitative estimate of drug-likeness (QED) is 0.640. The van der Waals surface area contributed by atoms with Crippen LogP contribution in [0.15, 0.2) is 34.5 Å². The van der Waals surface area contributed by atoms with Crippen molar-refractivity contribution in [3.63, 3.8) is 0 Å². The third kappa shape index (κ3) is 3.66. The second kappa shape index (κ2) is 7.69. The summed E-state index contributed by atoms with van der Waals surface area (Å²) in [5, 5.41) is 0. The van der Waals surface area contributed by atoms with E-state index in [9.17, 15) is 18.0 Å². The summed E-state index contributed by atoms with van der Waals surface area (Å²) in [6.45, 7) is 1.67. The van der Waals surface area contributed by atoms with Gasteiger partial charge in [-0.3, -0.25) is 19.4 Å². The number of nitrogens with zero attached hydrogens (tertiary/aromatic N) is 3. The maximum Gasteiger partial charge on any atom is 0.300 e. The Morgan fingerprint density at radius 1 is 1.10 bits per heavy atom. The van der Waals surface area contributed by atoms with E-state index in [1.165, 1.54) is 22.4 Å². The van der Waals surface area contributed by atoms with Crippen LogP contribution < -0.4 is 9.64 Å². The Morgan fingerprint density at radius 3 is 2.45 bits per heavy atom. The number of sulfonamides is 1. The molecule has 154 valence electrons. The molecule has 4 rings (SSSR count). The van der Waals surface area contributed by atoms with Crippen LogP contribution in [0.2, 0.25) is 4.34 Å². The number of rotatable bonds is 5. The lowest BCUT2D eigenvalue weighted by molar-refractivity contribution is -0.114. The summed E-state index contributed by atoms with van der Waals surface area (Å²) in [5.74, 6) is -0.572. The highest BCUT2D eigenvalue weighted by Crippen LogP contribution is 2.33. The fourth-order valence-electron chi connectivity index (χ4n) is 3.42. The Kier molecular flexibility index (Phi) is 5.38. The number of ether oxygens (including phenoxy) is 1. The molecule has 0 N–H and O–H groups in total. The molecule has 1 aromatic heterocycles. The van der Waals surface area contributed by atoms with Gasteiger partial charge in [0.2, 0.25) is 0 Å². The highest BCUT2D eigenvalue weighted by atomic mass is 35.5. The number of fused-ring (bicyclic) bond motifs is 1. The van der Waals surface area contributed by atoms with E-state index in [1.807, 2.05) is 4.90 Å². The summed E-state index contributed by atoms with van der Waals surface area (Å²) in [4.78, 5) is 28.1. The number of hydrogen-bond donors (Lipinski definition) is 0. The van der Waals surface area contributed by atoms with Crippen molar-refractivity contribution in [2.45, 2.75) is 4.21 Å². The van der Waals surface area contributed by atoms with E-state index in [0.29, 0.717) is 47.5 Å². The highest BCUT2D eigenvalue weighted by molar-refractivity contribution is 7.91. The van der Waals surface area contributed by atoms with Crippen LogP contribution in [-0.2, 0) is 14.8 Å². The first-order valence-electron chi connectivity index (χ1n) is 8.83. The molecule has 3 heterocycles. The molecule has 0 saturated carbocycles. The molecule has 2 aromatic rings. The van der Waals surface area contributed by atoms with Gasteiger partial charge in [-0.25, -0.2) is 8.42 Å². The number of piperazine rings is 1. The molecule has 0 atom stereocenters. The Balaban J connectivity index is 1.45. The van der Waals surface area contributed by atoms with Crippen molar-refractivity contribution in [3.8, 4) is 5.75 Å². The summed E-state index contributed by atoms with van der Waals surface area (Å²) in [7, 11) is -2.06. The van der Waals surface area contributed by atoms with Crippen LogP contribution in [0.3, 0.4) is 0 Å². The van der Waals surface area contributed by atoms with Gasteiger partial charge >= 0.3 is 5.91 Å². The molecule has 2 aliphatic rings. The van der Waals surface area contributed by atoms with Crippen molar-refractivity contribution in [2.75, 3.05) is 44.9 Å². The predicted molar refractivity (Wildman–Crippen MR) is 109 cm³/mol. The third-order valence-corrected chi connectivity index (χ3v) is 8.59. The fourth-order valence-corrected chi connectivity index (χ4v) is 6.48. The van der Waals surface area contributed by atoms with Gasteiger partial charge in [-0.2, -0.15) is 4.31 Å². The lowest BCUT2D eigenvalue weighted by Gasteiger charge is -2.35. The van der Waals surface area contributed by atoms with Crippen LogP contribution in [-0.4, -0.2) is 69.3 Å². The molecule has 0 spiro atoms. The lowest BCUT2D eigenvalue weighted by atomic mass is 10.1. The molecule has 0 radical (unpaired) electrons. The van der Waals surface area contributed by atoms with Crippen molar-refractivity contribution >= 4 is 50.3 Å². The number of thiophene rings is 1. The number of ketones is 1. The minimum atomic E-state index is -3.58. The molecule has 1 fully saturated rings. The van der Waals surface area contributed by atoms with Gasteiger partial charge in [-0.15, -0.1) is 11.3 Å². The normalized spacial score (nSPS) is 18.3. The van der Waals surface area contributed by atoms with Crippen molar-refractivity contribution in [3.05, 3.63) is 40.2 Å². The highest BCUT2D eigenvalue weighted by Gasteiger charge is 2.38. The molecule has 8 nitrogen and oxygen atoms in total.